The Bertz CT molecular complexity index is 856. The quantitative estimate of drug-likeness (QED) is 0.711. The summed E-state index contributed by atoms with van der Waals surface area (Å²) < 4.78 is 16.3. The van der Waals surface area contributed by atoms with E-state index in [9.17, 15) is 9.18 Å². The summed E-state index contributed by atoms with van der Waals surface area (Å²) in [7, 11) is 0. The highest BCUT2D eigenvalue weighted by atomic mass is 19.1. The van der Waals surface area contributed by atoms with E-state index >= 15 is 0 Å². The minimum atomic E-state index is -0.416. The van der Waals surface area contributed by atoms with Gasteiger partial charge in [0.25, 0.3) is 5.56 Å². The lowest BCUT2D eigenvalue weighted by Crippen LogP contribution is -2.23. The monoisotopic (exact) mass is 302 g/mol. The maximum atomic E-state index is 13.2. The molecule has 0 atom stereocenters. The molecule has 3 rings (SSSR count). The van der Waals surface area contributed by atoms with Gasteiger partial charge in [0.15, 0.2) is 5.82 Å². The van der Waals surface area contributed by atoms with Crippen LogP contribution in [0.15, 0.2) is 29.3 Å². The lowest BCUT2D eigenvalue weighted by molar-refractivity contribution is 0.521. The fourth-order valence-corrected chi connectivity index (χ4v) is 2.21. The third-order valence-corrected chi connectivity index (χ3v) is 3.43. The molecule has 22 heavy (non-hydrogen) atoms. The van der Waals surface area contributed by atoms with Gasteiger partial charge >= 0.3 is 0 Å². The predicted molar refractivity (Wildman–Crippen MR) is 77.8 cm³/mol. The van der Waals surface area contributed by atoms with E-state index in [1.165, 1.54) is 29.1 Å². The Morgan fingerprint density at radius 1 is 1.32 bits per heavy atom. The second-order valence-corrected chi connectivity index (χ2v) is 5.01. The predicted octanol–water partition coefficient (Wildman–Crippen LogP) is 1.37. The van der Waals surface area contributed by atoms with Gasteiger partial charge in [-0.15, -0.1) is 5.10 Å². The molecule has 0 aliphatic carbocycles. The van der Waals surface area contributed by atoms with Gasteiger partial charge in [0, 0.05) is 12.6 Å². The Morgan fingerprint density at radius 2 is 2.18 bits per heavy atom. The average Bonchev–Trinajstić information content (AvgIpc) is 2.95. The van der Waals surface area contributed by atoms with E-state index in [0.29, 0.717) is 23.3 Å². The third kappa shape index (κ3) is 2.72. The number of hydrogen-bond donors (Lipinski definition) is 0. The van der Waals surface area contributed by atoms with Gasteiger partial charge in [0.1, 0.15) is 5.82 Å². The summed E-state index contributed by atoms with van der Waals surface area (Å²) in [6, 6.07) is 3.93. The van der Waals surface area contributed by atoms with Crippen LogP contribution in [0.3, 0.4) is 0 Å². The molecule has 0 radical (unpaired) electrons. The van der Waals surface area contributed by atoms with Gasteiger partial charge in [-0.25, -0.2) is 14.1 Å². The van der Waals surface area contributed by atoms with Crippen LogP contribution in [0.2, 0.25) is 0 Å². The van der Waals surface area contributed by atoms with Gasteiger partial charge in [-0.2, -0.15) is 0 Å². The third-order valence-electron chi connectivity index (χ3n) is 3.43. The number of halogens is 1. The van der Waals surface area contributed by atoms with Crippen molar-refractivity contribution in [3.63, 3.8) is 0 Å². The molecule has 2 aromatic heterocycles. The highest BCUT2D eigenvalue weighted by Crippen LogP contribution is 2.09. The van der Waals surface area contributed by atoms with E-state index in [0.717, 1.165) is 12.8 Å². The van der Waals surface area contributed by atoms with Crippen LogP contribution in [0.1, 0.15) is 25.6 Å². The first-order valence-corrected chi connectivity index (χ1v) is 7.09. The van der Waals surface area contributed by atoms with Gasteiger partial charge in [-0.3, -0.25) is 9.36 Å². The molecule has 3 aromatic rings. The summed E-state index contributed by atoms with van der Waals surface area (Å²) in [5.74, 6) is 0.180. The summed E-state index contributed by atoms with van der Waals surface area (Å²) in [6.07, 6.45) is 3.38. The molecule has 0 fully saturated rings. The number of aromatic nitrogens is 6. The molecular formula is C14H15FN6O. The van der Waals surface area contributed by atoms with E-state index in [-0.39, 0.29) is 12.1 Å². The average molecular weight is 302 g/mol. The lowest BCUT2D eigenvalue weighted by Gasteiger charge is -2.07. The van der Waals surface area contributed by atoms with Crippen molar-refractivity contribution < 1.29 is 4.39 Å². The normalized spacial score (nSPS) is 11.2. The van der Waals surface area contributed by atoms with Crippen molar-refractivity contribution in [2.24, 2.45) is 0 Å². The van der Waals surface area contributed by atoms with E-state index in [4.69, 9.17) is 0 Å². The van der Waals surface area contributed by atoms with Crippen LogP contribution in [-0.2, 0) is 13.1 Å². The Balaban J connectivity index is 1.95. The van der Waals surface area contributed by atoms with Crippen molar-refractivity contribution in [3.8, 4) is 0 Å². The molecule has 114 valence electrons. The SMILES string of the molecule is CCCCn1nnnc1Cn1cnc2cc(F)ccc2c1=O. The zero-order chi connectivity index (χ0) is 15.5. The van der Waals surface area contributed by atoms with Crippen molar-refractivity contribution in [3.05, 3.63) is 46.5 Å². The second kappa shape index (κ2) is 6.00. The molecule has 0 saturated carbocycles. The molecular weight excluding hydrogens is 287 g/mol. The molecule has 0 aliphatic heterocycles. The zero-order valence-corrected chi connectivity index (χ0v) is 12.1. The Labute approximate surface area is 125 Å². The number of rotatable bonds is 5. The standard InChI is InChI=1S/C14H15FN6O/c1-2-3-6-21-13(17-18-19-21)8-20-9-16-12-7-10(15)4-5-11(12)14(20)22/h4-5,7,9H,2-3,6,8H2,1H3. The van der Waals surface area contributed by atoms with Crippen molar-refractivity contribution >= 4 is 10.9 Å². The molecule has 8 heteroatoms. The molecule has 0 aliphatic rings. The topological polar surface area (TPSA) is 78.5 Å². The van der Waals surface area contributed by atoms with Crippen molar-refractivity contribution in [2.45, 2.75) is 32.9 Å². The summed E-state index contributed by atoms with van der Waals surface area (Å²) in [5.41, 5.74) is 0.0990. The number of nitrogens with zero attached hydrogens (tertiary/aromatic N) is 6. The van der Waals surface area contributed by atoms with Gasteiger partial charge in [0.05, 0.1) is 23.8 Å². The van der Waals surface area contributed by atoms with E-state index in [2.05, 4.69) is 27.4 Å². The first kappa shape index (κ1) is 14.3. The van der Waals surface area contributed by atoms with E-state index in [1.807, 2.05) is 0 Å². The maximum absolute atomic E-state index is 13.2. The summed E-state index contributed by atoms with van der Waals surface area (Å²) in [4.78, 5) is 16.5. The second-order valence-electron chi connectivity index (χ2n) is 5.01. The number of aryl methyl sites for hydroxylation is 1. The number of hydrogen-bond acceptors (Lipinski definition) is 5. The smallest absolute Gasteiger partial charge is 0.261 e. The van der Waals surface area contributed by atoms with Crippen molar-refractivity contribution in [1.82, 2.24) is 29.8 Å². The molecule has 0 amide bonds. The Hall–Kier alpha value is -2.64. The molecule has 1 aromatic carbocycles. The van der Waals surface area contributed by atoms with Crippen LogP contribution < -0.4 is 5.56 Å². The van der Waals surface area contributed by atoms with Crippen molar-refractivity contribution in [2.75, 3.05) is 0 Å². The zero-order valence-electron chi connectivity index (χ0n) is 12.1. The summed E-state index contributed by atoms with van der Waals surface area (Å²) >= 11 is 0. The molecule has 0 spiro atoms. The summed E-state index contributed by atoms with van der Waals surface area (Å²) in [5, 5.41) is 11.9. The molecule has 7 nitrogen and oxygen atoms in total. The number of unbranched alkanes of at least 4 members (excludes halogenated alkanes) is 1. The van der Waals surface area contributed by atoms with Gasteiger partial charge in [-0.1, -0.05) is 13.3 Å². The molecule has 2 heterocycles. The van der Waals surface area contributed by atoms with Crippen LogP contribution >= 0.6 is 0 Å². The largest absolute Gasteiger partial charge is 0.291 e. The van der Waals surface area contributed by atoms with Crippen LogP contribution in [-0.4, -0.2) is 29.8 Å². The van der Waals surface area contributed by atoms with Gasteiger partial charge in [0.2, 0.25) is 0 Å². The fourth-order valence-electron chi connectivity index (χ4n) is 2.21. The Kier molecular flexibility index (Phi) is 3.90. The fraction of sp³-hybridized carbons (Fsp3) is 0.357. The van der Waals surface area contributed by atoms with Gasteiger partial charge < -0.3 is 0 Å². The first-order valence-electron chi connectivity index (χ1n) is 7.09. The van der Waals surface area contributed by atoms with Crippen LogP contribution in [0.5, 0.6) is 0 Å². The molecule has 0 bridgehead atoms. The maximum Gasteiger partial charge on any atom is 0.261 e. The van der Waals surface area contributed by atoms with Gasteiger partial charge in [-0.05, 0) is 29.0 Å². The van der Waals surface area contributed by atoms with Crippen LogP contribution in [0.25, 0.3) is 10.9 Å². The molecule has 0 N–H and O–H groups in total. The minimum absolute atomic E-state index is 0.232. The molecule has 0 unspecified atom stereocenters. The van der Waals surface area contributed by atoms with Crippen LogP contribution in [0.4, 0.5) is 4.39 Å². The lowest BCUT2D eigenvalue weighted by atomic mass is 10.2. The number of fused-ring (bicyclic) bond motifs is 1. The highest BCUT2D eigenvalue weighted by molar-refractivity contribution is 5.77. The minimum Gasteiger partial charge on any atom is -0.291 e. The number of benzene rings is 1. The van der Waals surface area contributed by atoms with E-state index in [1.54, 1.807) is 4.68 Å². The van der Waals surface area contributed by atoms with Crippen molar-refractivity contribution in [1.29, 1.82) is 0 Å². The van der Waals surface area contributed by atoms with E-state index < -0.39 is 5.82 Å². The molecule has 0 saturated heterocycles. The summed E-state index contributed by atoms with van der Waals surface area (Å²) in [6.45, 7) is 3.02. The Morgan fingerprint density at radius 3 is 3.00 bits per heavy atom. The highest BCUT2D eigenvalue weighted by Gasteiger charge is 2.10. The number of tetrazole rings is 1. The first-order chi connectivity index (χ1) is 10.7. The van der Waals surface area contributed by atoms with Crippen LogP contribution in [0, 0.1) is 5.82 Å².